The maximum atomic E-state index is 5.68. The van der Waals surface area contributed by atoms with E-state index in [2.05, 4.69) is 41.9 Å². The van der Waals surface area contributed by atoms with Gasteiger partial charge in [0, 0.05) is 11.2 Å². The summed E-state index contributed by atoms with van der Waals surface area (Å²) in [5.41, 5.74) is 1.29. The standard InChI is InChI=1S/C13H17BrO2/c1-9(10(2)14)11-4-5-12-13(8-11)16-7-3-6-15-12/h4-5,8-10H,3,6-7H2,1-2H3. The van der Waals surface area contributed by atoms with Gasteiger partial charge in [-0.3, -0.25) is 0 Å². The lowest BCUT2D eigenvalue weighted by Crippen LogP contribution is -2.04. The molecular formula is C13H17BrO2. The Hall–Kier alpha value is -0.700. The van der Waals surface area contributed by atoms with Gasteiger partial charge < -0.3 is 9.47 Å². The number of fused-ring (bicyclic) bond motifs is 1. The van der Waals surface area contributed by atoms with Crippen LogP contribution in [0.15, 0.2) is 18.2 Å². The number of alkyl halides is 1. The van der Waals surface area contributed by atoms with Crippen molar-refractivity contribution >= 4 is 15.9 Å². The number of benzene rings is 1. The van der Waals surface area contributed by atoms with E-state index in [0.717, 1.165) is 31.1 Å². The largest absolute Gasteiger partial charge is 0.490 e. The number of rotatable bonds is 2. The van der Waals surface area contributed by atoms with Crippen LogP contribution in [0.2, 0.25) is 0 Å². The van der Waals surface area contributed by atoms with Gasteiger partial charge in [0.15, 0.2) is 11.5 Å². The fourth-order valence-electron chi connectivity index (χ4n) is 1.73. The molecule has 1 aliphatic heterocycles. The molecule has 1 aromatic carbocycles. The average Bonchev–Trinajstić information content (AvgIpc) is 2.51. The van der Waals surface area contributed by atoms with Crippen molar-refractivity contribution < 1.29 is 9.47 Å². The molecule has 1 heterocycles. The van der Waals surface area contributed by atoms with E-state index in [1.807, 2.05) is 6.07 Å². The lowest BCUT2D eigenvalue weighted by atomic mass is 9.98. The van der Waals surface area contributed by atoms with E-state index in [4.69, 9.17) is 9.47 Å². The Balaban J connectivity index is 2.27. The van der Waals surface area contributed by atoms with Crippen LogP contribution in [-0.2, 0) is 0 Å². The first-order chi connectivity index (χ1) is 7.68. The molecule has 0 aliphatic carbocycles. The van der Waals surface area contributed by atoms with Crippen molar-refractivity contribution in [1.29, 1.82) is 0 Å². The number of halogens is 1. The predicted molar refractivity (Wildman–Crippen MR) is 68.9 cm³/mol. The van der Waals surface area contributed by atoms with Gasteiger partial charge in [-0.05, 0) is 23.6 Å². The average molecular weight is 285 g/mol. The summed E-state index contributed by atoms with van der Waals surface area (Å²) in [7, 11) is 0. The maximum Gasteiger partial charge on any atom is 0.161 e. The molecule has 0 fully saturated rings. The van der Waals surface area contributed by atoms with Gasteiger partial charge in [0.2, 0.25) is 0 Å². The molecule has 0 aromatic heterocycles. The minimum absolute atomic E-state index is 0.456. The van der Waals surface area contributed by atoms with Gasteiger partial charge in [0.1, 0.15) is 0 Å². The van der Waals surface area contributed by atoms with E-state index < -0.39 is 0 Å². The zero-order chi connectivity index (χ0) is 11.5. The summed E-state index contributed by atoms with van der Waals surface area (Å²) < 4.78 is 11.3. The first-order valence-electron chi connectivity index (χ1n) is 5.72. The normalized spacial score (nSPS) is 18.7. The lowest BCUT2D eigenvalue weighted by Gasteiger charge is -2.16. The van der Waals surface area contributed by atoms with E-state index in [-0.39, 0.29) is 0 Å². The smallest absolute Gasteiger partial charge is 0.161 e. The molecule has 0 N–H and O–H groups in total. The summed E-state index contributed by atoms with van der Waals surface area (Å²) in [4.78, 5) is 0.456. The fourth-order valence-corrected chi connectivity index (χ4v) is 2.03. The van der Waals surface area contributed by atoms with Crippen LogP contribution >= 0.6 is 15.9 Å². The SMILES string of the molecule is CC(Br)C(C)c1ccc2c(c1)OCCCO2. The Kier molecular flexibility index (Phi) is 3.74. The Morgan fingerprint density at radius 3 is 2.50 bits per heavy atom. The van der Waals surface area contributed by atoms with E-state index in [9.17, 15) is 0 Å². The zero-order valence-corrected chi connectivity index (χ0v) is 11.3. The van der Waals surface area contributed by atoms with Crippen LogP contribution in [0, 0.1) is 0 Å². The summed E-state index contributed by atoms with van der Waals surface area (Å²) in [6.07, 6.45) is 0.953. The topological polar surface area (TPSA) is 18.5 Å². The quantitative estimate of drug-likeness (QED) is 0.771. The first-order valence-corrected chi connectivity index (χ1v) is 6.63. The van der Waals surface area contributed by atoms with Gasteiger partial charge in [0.25, 0.3) is 0 Å². The summed E-state index contributed by atoms with van der Waals surface area (Å²) >= 11 is 3.62. The molecule has 2 rings (SSSR count). The lowest BCUT2D eigenvalue weighted by molar-refractivity contribution is 0.297. The second-order valence-electron chi connectivity index (χ2n) is 4.22. The van der Waals surface area contributed by atoms with Gasteiger partial charge in [0.05, 0.1) is 13.2 Å². The summed E-state index contributed by atoms with van der Waals surface area (Å²) in [5, 5.41) is 0. The molecule has 1 aromatic rings. The Bertz CT molecular complexity index is 363. The summed E-state index contributed by atoms with van der Waals surface area (Å²) in [6, 6.07) is 6.24. The minimum atomic E-state index is 0.456. The molecule has 0 bridgehead atoms. The Labute approximate surface area is 105 Å². The fraction of sp³-hybridized carbons (Fsp3) is 0.538. The van der Waals surface area contributed by atoms with Crippen molar-refractivity contribution in [2.75, 3.05) is 13.2 Å². The summed E-state index contributed by atoms with van der Waals surface area (Å²) in [5.74, 6) is 2.22. The highest BCUT2D eigenvalue weighted by Gasteiger charge is 2.16. The highest BCUT2D eigenvalue weighted by molar-refractivity contribution is 9.09. The highest BCUT2D eigenvalue weighted by atomic mass is 79.9. The third kappa shape index (κ3) is 2.51. The van der Waals surface area contributed by atoms with Crippen LogP contribution in [0.5, 0.6) is 11.5 Å². The molecule has 16 heavy (non-hydrogen) atoms. The molecule has 88 valence electrons. The van der Waals surface area contributed by atoms with Crippen molar-refractivity contribution in [3.8, 4) is 11.5 Å². The second-order valence-corrected chi connectivity index (χ2v) is 5.67. The van der Waals surface area contributed by atoms with Gasteiger partial charge in [-0.15, -0.1) is 0 Å². The predicted octanol–water partition coefficient (Wildman–Crippen LogP) is 3.73. The van der Waals surface area contributed by atoms with E-state index in [0.29, 0.717) is 10.7 Å². The maximum absolute atomic E-state index is 5.68. The van der Waals surface area contributed by atoms with Gasteiger partial charge in [-0.2, -0.15) is 0 Å². The molecule has 0 radical (unpaired) electrons. The van der Waals surface area contributed by atoms with E-state index in [1.165, 1.54) is 5.56 Å². The number of ether oxygens (including phenoxy) is 2. The van der Waals surface area contributed by atoms with Crippen molar-refractivity contribution in [3.63, 3.8) is 0 Å². The highest BCUT2D eigenvalue weighted by Crippen LogP contribution is 2.34. The van der Waals surface area contributed by atoms with Crippen LogP contribution in [0.4, 0.5) is 0 Å². The molecule has 2 atom stereocenters. The van der Waals surface area contributed by atoms with Crippen molar-refractivity contribution in [2.45, 2.75) is 31.0 Å². The Morgan fingerprint density at radius 1 is 1.12 bits per heavy atom. The molecule has 0 spiro atoms. The second kappa shape index (κ2) is 5.09. The minimum Gasteiger partial charge on any atom is -0.490 e. The first kappa shape index (κ1) is 11.8. The van der Waals surface area contributed by atoms with Crippen LogP contribution in [0.3, 0.4) is 0 Å². The number of hydrogen-bond donors (Lipinski definition) is 0. The summed E-state index contributed by atoms with van der Waals surface area (Å²) in [6.45, 7) is 5.86. The van der Waals surface area contributed by atoms with Crippen LogP contribution in [-0.4, -0.2) is 18.0 Å². The third-order valence-electron chi connectivity index (χ3n) is 2.99. The molecule has 0 saturated carbocycles. The van der Waals surface area contributed by atoms with Gasteiger partial charge in [-0.1, -0.05) is 35.8 Å². The van der Waals surface area contributed by atoms with Gasteiger partial charge >= 0.3 is 0 Å². The Morgan fingerprint density at radius 2 is 1.81 bits per heavy atom. The van der Waals surface area contributed by atoms with Gasteiger partial charge in [-0.25, -0.2) is 0 Å². The van der Waals surface area contributed by atoms with E-state index in [1.54, 1.807) is 0 Å². The van der Waals surface area contributed by atoms with Crippen LogP contribution < -0.4 is 9.47 Å². The zero-order valence-electron chi connectivity index (χ0n) is 9.70. The molecule has 2 nitrogen and oxygen atoms in total. The third-order valence-corrected chi connectivity index (χ3v) is 3.78. The molecule has 1 aliphatic rings. The number of hydrogen-bond acceptors (Lipinski definition) is 2. The molecule has 2 unspecified atom stereocenters. The van der Waals surface area contributed by atoms with Crippen molar-refractivity contribution in [3.05, 3.63) is 23.8 Å². The van der Waals surface area contributed by atoms with E-state index >= 15 is 0 Å². The molecule has 3 heteroatoms. The molecule has 0 amide bonds. The monoisotopic (exact) mass is 284 g/mol. The van der Waals surface area contributed by atoms with Crippen LogP contribution in [0.25, 0.3) is 0 Å². The van der Waals surface area contributed by atoms with Crippen molar-refractivity contribution in [1.82, 2.24) is 0 Å². The molecule has 0 saturated heterocycles. The molecular weight excluding hydrogens is 268 g/mol. The van der Waals surface area contributed by atoms with Crippen molar-refractivity contribution in [2.24, 2.45) is 0 Å². The van der Waals surface area contributed by atoms with Crippen LogP contribution in [0.1, 0.15) is 31.7 Å².